The molecule has 1 aromatic heterocycles. The summed E-state index contributed by atoms with van der Waals surface area (Å²) in [5.74, 6) is -0.363. The van der Waals surface area contributed by atoms with Crippen molar-refractivity contribution in [1.82, 2.24) is 15.2 Å². The van der Waals surface area contributed by atoms with E-state index in [1.807, 2.05) is 0 Å². The van der Waals surface area contributed by atoms with Gasteiger partial charge in [0.15, 0.2) is 0 Å². The number of rotatable bonds is 3. The molecule has 1 amide bonds. The van der Waals surface area contributed by atoms with E-state index in [4.69, 9.17) is 0 Å². The van der Waals surface area contributed by atoms with Crippen LogP contribution in [0.15, 0.2) is 10.9 Å². The van der Waals surface area contributed by atoms with Gasteiger partial charge >= 0.3 is 0 Å². The fraction of sp³-hybridized carbons (Fsp3) is 0.625. The molecule has 6 heteroatoms. The van der Waals surface area contributed by atoms with Crippen molar-refractivity contribution in [3.05, 3.63) is 33.2 Å². The Hall–Kier alpha value is -1.69. The summed E-state index contributed by atoms with van der Waals surface area (Å²) in [5, 5.41) is 5.77. The Morgan fingerprint density at radius 1 is 1.45 bits per heavy atom. The van der Waals surface area contributed by atoms with E-state index in [1.165, 1.54) is 0 Å². The molecule has 5 nitrogen and oxygen atoms in total. The SMILES string of the molecule is Cn1c2c(cc(C(=O)NC[C@@H]3C[C@H](F)CN3)c1=O)CCCC2. The van der Waals surface area contributed by atoms with E-state index in [0.29, 0.717) is 19.5 Å². The Labute approximate surface area is 128 Å². The lowest BCUT2D eigenvalue weighted by molar-refractivity contribution is 0.0947. The lowest BCUT2D eigenvalue weighted by atomic mass is 9.94. The van der Waals surface area contributed by atoms with Crippen molar-refractivity contribution >= 4 is 5.91 Å². The molecule has 2 aliphatic rings. The number of hydrogen-bond acceptors (Lipinski definition) is 3. The molecule has 0 bridgehead atoms. The maximum atomic E-state index is 13.1. The maximum Gasteiger partial charge on any atom is 0.263 e. The molecule has 0 unspecified atom stereocenters. The average molecular weight is 307 g/mol. The minimum atomic E-state index is -0.849. The van der Waals surface area contributed by atoms with Crippen molar-refractivity contribution in [3.8, 4) is 0 Å². The largest absolute Gasteiger partial charge is 0.350 e. The summed E-state index contributed by atoms with van der Waals surface area (Å²) in [7, 11) is 1.73. The molecule has 2 heterocycles. The summed E-state index contributed by atoms with van der Waals surface area (Å²) in [6.07, 6.45) is 3.55. The molecule has 0 aromatic carbocycles. The number of fused-ring (bicyclic) bond motifs is 1. The summed E-state index contributed by atoms with van der Waals surface area (Å²) >= 11 is 0. The van der Waals surface area contributed by atoms with Gasteiger partial charge in [0, 0.05) is 31.9 Å². The molecule has 2 atom stereocenters. The fourth-order valence-corrected chi connectivity index (χ4v) is 3.39. The zero-order valence-corrected chi connectivity index (χ0v) is 12.8. The predicted octanol–water partition coefficient (Wildman–Crippen LogP) is 0.694. The standard InChI is InChI=1S/C16H22FN3O2/c1-20-14-5-3-2-4-10(14)6-13(16(20)22)15(21)19-9-12-7-11(17)8-18-12/h6,11-12,18H,2-5,7-9H2,1H3,(H,19,21)/t11-,12-/m0/s1. The van der Waals surface area contributed by atoms with Crippen molar-refractivity contribution in [2.75, 3.05) is 13.1 Å². The summed E-state index contributed by atoms with van der Waals surface area (Å²) < 4.78 is 14.7. The lowest BCUT2D eigenvalue weighted by Gasteiger charge is -2.20. The lowest BCUT2D eigenvalue weighted by Crippen LogP contribution is -2.40. The van der Waals surface area contributed by atoms with Crippen molar-refractivity contribution in [2.45, 2.75) is 44.3 Å². The van der Waals surface area contributed by atoms with Gasteiger partial charge in [-0.25, -0.2) is 4.39 Å². The van der Waals surface area contributed by atoms with Gasteiger partial charge in [-0.3, -0.25) is 9.59 Å². The van der Waals surface area contributed by atoms with Crippen LogP contribution in [0.1, 0.15) is 40.9 Å². The zero-order chi connectivity index (χ0) is 15.7. The number of amides is 1. The van der Waals surface area contributed by atoms with E-state index in [0.717, 1.165) is 36.9 Å². The molecule has 3 rings (SSSR count). The van der Waals surface area contributed by atoms with E-state index in [-0.39, 0.29) is 23.1 Å². The first-order chi connectivity index (χ1) is 10.6. The fourth-order valence-electron chi connectivity index (χ4n) is 3.39. The third-order valence-corrected chi connectivity index (χ3v) is 4.66. The van der Waals surface area contributed by atoms with Gasteiger partial charge in [0.1, 0.15) is 11.7 Å². The van der Waals surface area contributed by atoms with E-state index < -0.39 is 6.17 Å². The molecule has 2 N–H and O–H groups in total. The Kier molecular flexibility index (Phi) is 4.29. The number of nitrogens with zero attached hydrogens (tertiary/aromatic N) is 1. The molecule has 0 spiro atoms. The Balaban J connectivity index is 1.75. The molecule has 0 radical (unpaired) electrons. The van der Waals surface area contributed by atoms with Gasteiger partial charge < -0.3 is 15.2 Å². The molecule has 1 aliphatic heterocycles. The quantitative estimate of drug-likeness (QED) is 0.864. The first kappa shape index (κ1) is 15.2. The number of carbonyl (C=O) groups is 1. The van der Waals surface area contributed by atoms with Crippen molar-refractivity contribution in [2.24, 2.45) is 7.05 Å². The minimum Gasteiger partial charge on any atom is -0.350 e. The smallest absolute Gasteiger partial charge is 0.263 e. The van der Waals surface area contributed by atoms with Crippen LogP contribution in [0.2, 0.25) is 0 Å². The second kappa shape index (κ2) is 6.20. The molecule has 1 aliphatic carbocycles. The maximum absolute atomic E-state index is 13.1. The van der Waals surface area contributed by atoms with E-state index in [9.17, 15) is 14.0 Å². The number of pyridine rings is 1. The van der Waals surface area contributed by atoms with Gasteiger partial charge in [-0.15, -0.1) is 0 Å². The average Bonchev–Trinajstić information content (AvgIpc) is 2.94. The number of halogens is 1. The second-order valence-electron chi connectivity index (χ2n) is 6.25. The number of hydrogen-bond donors (Lipinski definition) is 2. The van der Waals surface area contributed by atoms with Crippen molar-refractivity contribution in [3.63, 3.8) is 0 Å². The monoisotopic (exact) mass is 307 g/mol. The van der Waals surface area contributed by atoms with Crippen LogP contribution >= 0.6 is 0 Å². The number of nitrogens with one attached hydrogen (secondary N) is 2. The van der Waals surface area contributed by atoms with E-state index >= 15 is 0 Å². The highest BCUT2D eigenvalue weighted by Crippen LogP contribution is 2.20. The van der Waals surface area contributed by atoms with Gasteiger partial charge in [0.2, 0.25) is 0 Å². The second-order valence-corrected chi connectivity index (χ2v) is 6.25. The van der Waals surface area contributed by atoms with Crippen LogP contribution in [0.5, 0.6) is 0 Å². The normalized spacial score (nSPS) is 24.1. The first-order valence-corrected chi connectivity index (χ1v) is 7.93. The highest BCUT2D eigenvalue weighted by Gasteiger charge is 2.25. The summed E-state index contributed by atoms with van der Waals surface area (Å²) in [4.78, 5) is 24.7. The molecule has 1 saturated heterocycles. The van der Waals surface area contributed by atoms with Crippen LogP contribution in [0.25, 0.3) is 0 Å². The third-order valence-electron chi connectivity index (χ3n) is 4.66. The Morgan fingerprint density at radius 3 is 2.95 bits per heavy atom. The van der Waals surface area contributed by atoms with Gasteiger partial charge in [-0.1, -0.05) is 0 Å². The van der Waals surface area contributed by atoms with Gasteiger partial charge in [0.25, 0.3) is 11.5 Å². The van der Waals surface area contributed by atoms with Gasteiger partial charge in [0.05, 0.1) is 0 Å². The number of aromatic nitrogens is 1. The van der Waals surface area contributed by atoms with Crippen molar-refractivity contribution < 1.29 is 9.18 Å². The Morgan fingerprint density at radius 2 is 2.23 bits per heavy atom. The van der Waals surface area contributed by atoms with Crippen LogP contribution in [-0.2, 0) is 19.9 Å². The summed E-state index contributed by atoms with van der Waals surface area (Å²) in [6, 6.07) is 1.69. The number of alkyl halides is 1. The van der Waals surface area contributed by atoms with Crippen LogP contribution in [0.4, 0.5) is 4.39 Å². The van der Waals surface area contributed by atoms with E-state index in [1.54, 1.807) is 17.7 Å². The minimum absolute atomic E-state index is 0.0552. The third kappa shape index (κ3) is 2.92. The van der Waals surface area contributed by atoms with Crippen LogP contribution < -0.4 is 16.2 Å². The first-order valence-electron chi connectivity index (χ1n) is 7.93. The molecular weight excluding hydrogens is 285 g/mol. The predicted molar refractivity (Wildman–Crippen MR) is 82.0 cm³/mol. The van der Waals surface area contributed by atoms with Crippen LogP contribution in [0, 0.1) is 0 Å². The van der Waals surface area contributed by atoms with E-state index in [2.05, 4.69) is 10.6 Å². The molecular formula is C16H22FN3O2. The topological polar surface area (TPSA) is 63.1 Å². The number of aryl methyl sites for hydroxylation is 1. The molecule has 120 valence electrons. The number of carbonyl (C=O) groups excluding carboxylic acids is 1. The zero-order valence-electron chi connectivity index (χ0n) is 12.8. The van der Waals surface area contributed by atoms with Crippen LogP contribution in [0.3, 0.4) is 0 Å². The van der Waals surface area contributed by atoms with Crippen LogP contribution in [-0.4, -0.2) is 35.8 Å². The molecule has 1 aromatic rings. The summed E-state index contributed by atoms with van der Waals surface area (Å²) in [6.45, 7) is 0.681. The Bertz CT molecular complexity index is 641. The van der Waals surface area contributed by atoms with Gasteiger partial charge in [-0.2, -0.15) is 0 Å². The highest BCUT2D eigenvalue weighted by atomic mass is 19.1. The molecule has 0 saturated carbocycles. The molecule has 1 fully saturated rings. The highest BCUT2D eigenvalue weighted by molar-refractivity contribution is 5.94. The van der Waals surface area contributed by atoms with Crippen molar-refractivity contribution in [1.29, 1.82) is 0 Å². The van der Waals surface area contributed by atoms with Gasteiger partial charge in [-0.05, 0) is 43.7 Å². The summed E-state index contributed by atoms with van der Waals surface area (Å²) in [5.41, 5.74) is 2.09. The molecule has 22 heavy (non-hydrogen) atoms.